The SMILES string of the molecule is Cc1cc(NC(=O)c2cccc(S(=O)(=O)CC(C)C(C)O)c2)ccc1F. The number of anilines is 1. The van der Waals surface area contributed by atoms with Gasteiger partial charge in [-0.15, -0.1) is 0 Å². The topological polar surface area (TPSA) is 83.5 Å². The van der Waals surface area contributed by atoms with Gasteiger partial charge in [-0.1, -0.05) is 13.0 Å². The van der Waals surface area contributed by atoms with E-state index < -0.39 is 27.8 Å². The molecular weight excluding hydrogens is 357 g/mol. The Kier molecular flexibility index (Phi) is 6.15. The predicted octanol–water partition coefficient (Wildman–Crippen LogP) is 3.18. The number of carbonyl (C=O) groups excluding carboxylic acids is 1. The first-order chi connectivity index (χ1) is 12.1. The molecule has 5 nitrogen and oxygen atoms in total. The van der Waals surface area contributed by atoms with Crippen molar-refractivity contribution in [3.8, 4) is 0 Å². The molecule has 2 N–H and O–H groups in total. The fourth-order valence-corrected chi connectivity index (χ4v) is 4.09. The largest absolute Gasteiger partial charge is 0.393 e. The fraction of sp³-hybridized carbons (Fsp3) is 0.316. The number of aliphatic hydroxyl groups is 1. The molecule has 2 unspecified atom stereocenters. The highest BCUT2D eigenvalue weighted by Crippen LogP contribution is 2.19. The molecule has 7 heteroatoms. The van der Waals surface area contributed by atoms with Crippen LogP contribution in [-0.4, -0.2) is 31.3 Å². The van der Waals surface area contributed by atoms with Crippen molar-refractivity contribution in [1.29, 1.82) is 0 Å². The number of rotatable bonds is 6. The van der Waals surface area contributed by atoms with Gasteiger partial charge in [0, 0.05) is 11.3 Å². The number of halogens is 1. The molecule has 140 valence electrons. The van der Waals surface area contributed by atoms with Crippen LogP contribution in [0.3, 0.4) is 0 Å². The molecule has 1 amide bonds. The summed E-state index contributed by atoms with van der Waals surface area (Å²) >= 11 is 0. The van der Waals surface area contributed by atoms with Crippen LogP contribution in [-0.2, 0) is 9.84 Å². The lowest BCUT2D eigenvalue weighted by Gasteiger charge is -2.15. The fourth-order valence-electron chi connectivity index (χ4n) is 2.34. The van der Waals surface area contributed by atoms with E-state index in [1.54, 1.807) is 13.8 Å². The van der Waals surface area contributed by atoms with Gasteiger partial charge in [-0.2, -0.15) is 0 Å². The molecule has 0 aliphatic rings. The van der Waals surface area contributed by atoms with Crippen LogP contribution in [0.1, 0.15) is 29.8 Å². The molecular formula is C19H22FNO4S. The minimum Gasteiger partial charge on any atom is -0.393 e. The molecule has 0 radical (unpaired) electrons. The maximum Gasteiger partial charge on any atom is 0.255 e. The predicted molar refractivity (Wildman–Crippen MR) is 98.4 cm³/mol. The number of aryl methyl sites for hydroxylation is 1. The van der Waals surface area contributed by atoms with Crippen LogP contribution in [0.25, 0.3) is 0 Å². The summed E-state index contributed by atoms with van der Waals surface area (Å²) in [6.07, 6.45) is -0.752. The van der Waals surface area contributed by atoms with Crippen LogP contribution in [0.4, 0.5) is 10.1 Å². The Morgan fingerprint density at radius 2 is 1.88 bits per heavy atom. The molecule has 0 saturated heterocycles. The number of nitrogens with one attached hydrogen (secondary N) is 1. The van der Waals surface area contributed by atoms with Crippen LogP contribution in [0.15, 0.2) is 47.4 Å². The van der Waals surface area contributed by atoms with Gasteiger partial charge in [-0.05, 0) is 61.7 Å². The maximum atomic E-state index is 13.3. The van der Waals surface area contributed by atoms with Gasteiger partial charge in [0.15, 0.2) is 9.84 Å². The molecule has 0 saturated carbocycles. The summed E-state index contributed by atoms with van der Waals surface area (Å²) in [6.45, 7) is 4.77. The summed E-state index contributed by atoms with van der Waals surface area (Å²) < 4.78 is 38.3. The van der Waals surface area contributed by atoms with E-state index >= 15 is 0 Å². The highest BCUT2D eigenvalue weighted by Gasteiger charge is 2.22. The van der Waals surface area contributed by atoms with E-state index in [9.17, 15) is 22.7 Å². The third-order valence-electron chi connectivity index (χ3n) is 4.18. The first-order valence-electron chi connectivity index (χ1n) is 8.18. The van der Waals surface area contributed by atoms with Crippen LogP contribution in [0.2, 0.25) is 0 Å². The van der Waals surface area contributed by atoms with E-state index in [4.69, 9.17) is 0 Å². The van der Waals surface area contributed by atoms with Gasteiger partial charge < -0.3 is 10.4 Å². The van der Waals surface area contributed by atoms with Crippen molar-refractivity contribution < 1.29 is 22.7 Å². The molecule has 2 aromatic carbocycles. The zero-order valence-electron chi connectivity index (χ0n) is 14.9. The Labute approximate surface area is 152 Å². The van der Waals surface area contributed by atoms with Crippen molar-refractivity contribution in [3.63, 3.8) is 0 Å². The third-order valence-corrected chi connectivity index (χ3v) is 6.11. The second-order valence-electron chi connectivity index (χ2n) is 6.45. The molecule has 0 aromatic heterocycles. The molecule has 0 aliphatic heterocycles. The summed E-state index contributed by atoms with van der Waals surface area (Å²) in [4.78, 5) is 12.4. The van der Waals surface area contributed by atoms with Gasteiger partial charge in [0.2, 0.25) is 0 Å². The van der Waals surface area contributed by atoms with Gasteiger partial charge in [0.1, 0.15) is 5.82 Å². The summed E-state index contributed by atoms with van der Waals surface area (Å²) in [5.74, 6) is -1.51. The van der Waals surface area contributed by atoms with Crippen molar-refractivity contribution >= 4 is 21.4 Å². The lowest BCUT2D eigenvalue weighted by atomic mass is 10.1. The van der Waals surface area contributed by atoms with Gasteiger partial charge in [-0.3, -0.25) is 4.79 Å². The molecule has 0 spiro atoms. The van der Waals surface area contributed by atoms with E-state index in [1.807, 2.05) is 0 Å². The number of aliphatic hydroxyl groups excluding tert-OH is 1. The Hall–Kier alpha value is -2.25. The van der Waals surface area contributed by atoms with Crippen LogP contribution >= 0.6 is 0 Å². The normalized spacial score (nSPS) is 13.9. The average molecular weight is 379 g/mol. The Bertz CT molecular complexity index is 910. The number of sulfone groups is 1. The number of benzene rings is 2. The van der Waals surface area contributed by atoms with Crippen LogP contribution in [0, 0.1) is 18.7 Å². The van der Waals surface area contributed by atoms with E-state index in [1.165, 1.54) is 49.4 Å². The van der Waals surface area contributed by atoms with Gasteiger partial charge in [0.25, 0.3) is 5.91 Å². The molecule has 0 fully saturated rings. The number of hydrogen-bond donors (Lipinski definition) is 2. The van der Waals surface area contributed by atoms with Crippen molar-refractivity contribution in [3.05, 3.63) is 59.4 Å². The molecule has 0 aliphatic carbocycles. The van der Waals surface area contributed by atoms with E-state index in [-0.39, 0.29) is 22.0 Å². The summed E-state index contributed by atoms with van der Waals surface area (Å²) in [6, 6.07) is 9.90. The van der Waals surface area contributed by atoms with Crippen LogP contribution in [0.5, 0.6) is 0 Å². The van der Waals surface area contributed by atoms with E-state index in [2.05, 4.69) is 5.32 Å². The molecule has 2 aromatic rings. The van der Waals surface area contributed by atoms with Crippen molar-refractivity contribution in [2.75, 3.05) is 11.1 Å². The molecule has 26 heavy (non-hydrogen) atoms. The lowest BCUT2D eigenvalue weighted by molar-refractivity contribution is 0.102. The molecule has 2 atom stereocenters. The molecule has 0 heterocycles. The minimum atomic E-state index is -3.64. The van der Waals surface area contributed by atoms with Gasteiger partial charge >= 0.3 is 0 Å². The van der Waals surface area contributed by atoms with Gasteiger partial charge in [-0.25, -0.2) is 12.8 Å². The number of amides is 1. The molecule has 2 rings (SSSR count). The average Bonchev–Trinajstić information content (AvgIpc) is 2.58. The van der Waals surface area contributed by atoms with Crippen molar-refractivity contribution in [2.45, 2.75) is 31.8 Å². The minimum absolute atomic E-state index is 0.0212. The second kappa shape index (κ2) is 7.97. The monoisotopic (exact) mass is 379 g/mol. The first-order valence-corrected chi connectivity index (χ1v) is 9.84. The number of carbonyl (C=O) groups is 1. The quantitative estimate of drug-likeness (QED) is 0.807. The summed E-state index contributed by atoms with van der Waals surface area (Å²) in [5, 5.41) is 12.1. The second-order valence-corrected chi connectivity index (χ2v) is 8.48. The Morgan fingerprint density at radius 3 is 2.50 bits per heavy atom. The smallest absolute Gasteiger partial charge is 0.255 e. The summed E-state index contributed by atoms with van der Waals surface area (Å²) in [5.41, 5.74) is 0.994. The third kappa shape index (κ3) is 4.89. The zero-order valence-corrected chi connectivity index (χ0v) is 15.7. The van der Waals surface area contributed by atoms with E-state index in [0.717, 1.165) is 0 Å². The molecule has 0 bridgehead atoms. The first kappa shape index (κ1) is 20.1. The zero-order chi connectivity index (χ0) is 19.5. The van der Waals surface area contributed by atoms with E-state index in [0.29, 0.717) is 11.3 Å². The van der Waals surface area contributed by atoms with Crippen molar-refractivity contribution in [1.82, 2.24) is 0 Å². The number of hydrogen-bond acceptors (Lipinski definition) is 4. The Morgan fingerprint density at radius 1 is 1.19 bits per heavy atom. The maximum absolute atomic E-state index is 13.3. The summed E-state index contributed by atoms with van der Waals surface area (Å²) in [7, 11) is -3.64. The van der Waals surface area contributed by atoms with Gasteiger partial charge in [0.05, 0.1) is 16.8 Å². The lowest BCUT2D eigenvalue weighted by Crippen LogP contribution is -2.23. The highest BCUT2D eigenvalue weighted by atomic mass is 32.2. The Balaban J connectivity index is 2.22. The van der Waals surface area contributed by atoms with Crippen LogP contribution < -0.4 is 5.32 Å². The van der Waals surface area contributed by atoms with Crippen molar-refractivity contribution in [2.24, 2.45) is 5.92 Å². The standard InChI is InChI=1S/C19H22FNO4S/c1-12-9-16(7-8-18(12)20)21-19(23)15-5-4-6-17(10-15)26(24,25)11-13(2)14(3)22/h4-10,13-14,22H,11H2,1-3H3,(H,21,23). The highest BCUT2D eigenvalue weighted by molar-refractivity contribution is 7.91.